The predicted octanol–water partition coefficient (Wildman–Crippen LogP) is 2.60. The molecule has 0 fully saturated rings. The molecule has 3 N–H and O–H groups in total. The van der Waals surface area contributed by atoms with Gasteiger partial charge in [-0.3, -0.25) is 4.79 Å². The summed E-state index contributed by atoms with van der Waals surface area (Å²) >= 11 is 1.61. The number of nitrogens with two attached hydrogens (primary N) is 1. The number of primary amides is 1. The molecule has 0 saturated carbocycles. The molecule has 3 nitrogen and oxygen atoms in total. The van der Waals surface area contributed by atoms with E-state index in [1.807, 2.05) is 16.8 Å². The monoisotopic (exact) mass is 250 g/mol. The van der Waals surface area contributed by atoms with Gasteiger partial charge in [-0.15, -0.1) is 0 Å². The van der Waals surface area contributed by atoms with E-state index in [0.717, 1.165) is 5.56 Å². The zero-order valence-electron chi connectivity index (χ0n) is 8.94. The minimum absolute atomic E-state index is 0.0969. The Morgan fingerprint density at radius 1 is 1.41 bits per heavy atom. The molecule has 0 saturated heterocycles. The number of hydrogen-bond acceptors (Lipinski definition) is 3. The third kappa shape index (κ3) is 2.82. The van der Waals surface area contributed by atoms with Crippen LogP contribution in [0.15, 0.2) is 35.0 Å². The van der Waals surface area contributed by atoms with Gasteiger partial charge in [-0.25, -0.2) is 4.39 Å². The second-order valence-electron chi connectivity index (χ2n) is 3.54. The molecule has 0 aliphatic heterocycles. The van der Waals surface area contributed by atoms with Gasteiger partial charge in [-0.2, -0.15) is 11.3 Å². The quantitative estimate of drug-likeness (QED) is 0.876. The van der Waals surface area contributed by atoms with Gasteiger partial charge in [0, 0.05) is 12.2 Å². The van der Waals surface area contributed by atoms with E-state index in [-0.39, 0.29) is 5.56 Å². The number of thiophene rings is 1. The van der Waals surface area contributed by atoms with Crippen LogP contribution in [0, 0.1) is 5.82 Å². The summed E-state index contributed by atoms with van der Waals surface area (Å²) in [5.74, 6) is -1.36. The average Bonchev–Trinajstić information content (AvgIpc) is 2.80. The Labute approximate surface area is 102 Å². The van der Waals surface area contributed by atoms with Gasteiger partial charge in [0.05, 0.1) is 5.56 Å². The number of amides is 1. The van der Waals surface area contributed by atoms with Gasteiger partial charge in [0.1, 0.15) is 5.82 Å². The number of halogens is 1. The lowest BCUT2D eigenvalue weighted by Crippen LogP contribution is -2.13. The lowest BCUT2D eigenvalue weighted by atomic mass is 10.1. The first-order valence-electron chi connectivity index (χ1n) is 5.01. The molecule has 2 aromatic rings. The van der Waals surface area contributed by atoms with Crippen molar-refractivity contribution in [3.8, 4) is 0 Å². The summed E-state index contributed by atoms with van der Waals surface area (Å²) in [6, 6.07) is 6.23. The van der Waals surface area contributed by atoms with Gasteiger partial charge in [0.15, 0.2) is 0 Å². The van der Waals surface area contributed by atoms with Crippen LogP contribution < -0.4 is 11.1 Å². The molecular weight excluding hydrogens is 239 g/mol. The molecule has 0 aliphatic rings. The van der Waals surface area contributed by atoms with Crippen molar-refractivity contribution >= 4 is 22.9 Å². The van der Waals surface area contributed by atoms with Crippen molar-refractivity contribution in [1.29, 1.82) is 0 Å². The van der Waals surface area contributed by atoms with Crippen molar-refractivity contribution in [3.05, 3.63) is 52.0 Å². The summed E-state index contributed by atoms with van der Waals surface area (Å²) in [5, 5.41) is 7.10. The van der Waals surface area contributed by atoms with E-state index in [0.29, 0.717) is 12.2 Å². The molecule has 1 aromatic carbocycles. The van der Waals surface area contributed by atoms with Gasteiger partial charge in [-0.1, -0.05) is 0 Å². The fourth-order valence-corrected chi connectivity index (χ4v) is 2.09. The van der Waals surface area contributed by atoms with Crippen LogP contribution in [0.2, 0.25) is 0 Å². The summed E-state index contributed by atoms with van der Waals surface area (Å²) in [6.45, 7) is 0.632. The van der Waals surface area contributed by atoms with Crippen LogP contribution in [0.4, 0.5) is 10.1 Å². The molecule has 0 spiro atoms. The van der Waals surface area contributed by atoms with Gasteiger partial charge in [0.25, 0.3) is 5.91 Å². The summed E-state index contributed by atoms with van der Waals surface area (Å²) in [5.41, 5.74) is 6.78. The molecule has 0 bridgehead atoms. The topological polar surface area (TPSA) is 55.1 Å². The molecule has 5 heteroatoms. The van der Waals surface area contributed by atoms with Crippen molar-refractivity contribution in [1.82, 2.24) is 0 Å². The fourth-order valence-electron chi connectivity index (χ4n) is 1.42. The Balaban J connectivity index is 2.11. The van der Waals surface area contributed by atoms with Crippen molar-refractivity contribution in [2.45, 2.75) is 6.54 Å². The Morgan fingerprint density at radius 3 is 2.88 bits per heavy atom. The van der Waals surface area contributed by atoms with Crippen LogP contribution in [-0.2, 0) is 6.54 Å². The molecule has 0 unspecified atom stereocenters. The normalized spacial score (nSPS) is 10.2. The van der Waals surface area contributed by atoms with E-state index in [4.69, 9.17) is 5.73 Å². The Kier molecular flexibility index (Phi) is 3.39. The van der Waals surface area contributed by atoms with E-state index in [1.54, 1.807) is 17.4 Å². The Morgan fingerprint density at radius 2 is 2.24 bits per heavy atom. The predicted molar refractivity (Wildman–Crippen MR) is 66.6 cm³/mol. The average molecular weight is 250 g/mol. The largest absolute Gasteiger partial charge is 0.381 e. The highest BCUT2D eigenvalue weighted by atomic mass is 32.1. The highest BCUT2D eigenvalue weighted by molar-refractivity contribution is 7.07. The van der Waals surface area contributed by atoms with Crippen molar-refractivity contribution < 1.29 is 9.18 Å². The minimum Gasteiger partial charge on any atom is -0.381 e. The maximum atomic E-state index is 13.2. The molecule has 1 amide bonds. The second-order valence-corrected chi connectivity index (χ2v) is 4.32. The number of rotatable bonds is 4. The zero-order chi connectivity index (χ0) is 12.3. The molecule has 0 aliphatic carbocycles. The molecule has 17 heavy (non-hydrogen) atoms. The van der Waals surface area contributed by atoms with Gasteiger partial charge in [-0.05, 0) is 40.6 Å². The third-order valence-electron chi connectivity index (χ3n) is 2.31. The van der Waals surface area contributed by atoms with Crippen LogP contribution in [0.3, 0.4) is 0 Å². The van der Waals surface area contributed by atoms with Crippen molar-refractivity contribution in [3.63, 3.8) is 0 Å². The van der Waals surface area contributed by atoms with Gasteiger partial charge >= 0.3 is 0 Å². The molecular formula is C12H11FN2OS. The number of carbonyl (C=O) groups is 1. The standard InChI is InChI=1S/C12H11FN2OS/c13-11-2-1-9(5-10(11)12(14)16)15-6-8-3-4-17-7-8/h1-5,7,15H,6H2,(H2,14,16). The fraction of sp³-hybridized carbons (Fsp3) is 0.0833. The molecule has 0 radical (unpaired) electrons. The van der Waals surface area contributed by atoms with Crippen LogP contribution in [-0.4, -0.2) is 5.91 Å². The number of nitrogens with one attached hydrogen (secondary N) is 1. The number of benzene rings is 1. The lowest BCUT2D eigenvalue weighted by Gasteiger charge is -2.06. The number of hydrogen-bond donors (Lipinski definition) is 2. The van der Waals surface area contributed by atoms with Gasteiger partial charge in [0.2, 0.25) is 0 Å². The first-order valence-corrected chi connectivity index (χ1v) is 5.95. The van der Waals surface area contributed by atoms with Crippen LogP contribution in [0.25, 0.3) is 0 Å². The third-order valence-corrected chi connectivity index (χ3v) is 3.04. The molecule has 1 aromatic heterocycles. The van der Waals surface area contributed by atoms with E-state index in [1.165, 1.54) is 12.1 Å². The van der Waals surface area contributed by atoms with Crippen LogP contribution >= 0.6 is 11.3 Å². The van der Waals surface area contributed by atoms with E-state index >= 15 is 0 Å². The zero-order valence-corrected chi connectivity index (χ0v) is 9.76. The SMILES string of the molecule is NC(=O)c1cc(NCc2ccsc2)ccc1F. The van der Waals surface area contributed by atoms with Crippen LogP contribution in [0.5, 0.6) is 0 Å². The van der Waals surface area contributed by atoms with Crippen molar-refractivity contribution in [2.75, 3.05) is 5.32 Å². The highest BCUT2D eigenvalue weighted by Gasteiger charge is 2.08. The first-order chi connectivity index (χ1) is 8.16. The first kappa shape index (κ1) is 11.6. The summed E-state index contributed by atoms with van der Waals surface area (Å²) in [7, 11) is 0. The van der Waals surface area contributed by atoms with E-state index in [9.17, 15) is 9.18 Å². The van der Waals surface area contributed by atoms with Crippen LogP contribution in [0.1, 0.15) is 15.9 Å². The second kappa shape index (κ2) is 4.97. The molecule has 1 heterocycles. The smallest absolute Gasteiger partial charge is 0.251 e. The maximum absolute atomic E-state index is 13.2. The molecule has 88 valence electrons. The Bertz CT molecular complexity index is 525. The number of carbonyl (C=O) groups excluding carboxylic acids is 1. The van der Waals surface area contributed by atoms with Crippen molar-refractivity contribution in [2.24, 2.45) is 5.73 Å². The Hall–Kier alpha value is -1.88. The molecule has 0 atom stereocenters. The van der Waals surface area contributed by atoms with E-state index in [2.05, 4.69) is 5.32 Å². The molecule has 2 rings (SSSR count). The van der Waals surface area contributed by atoms with Gasteiger partial charge < -0.3 is 11.1 Å². The van der Waals surface area contributed by atoms with E-state index < -0.39 is 11.7 Å². The summed E-state index contributed by atoms with van der Waals surface area (Å²) in [6.07, 6.45) is 0. The summed E-state index contributed by atoms with van der Waals surface area (Å²) < 4.78 is 13.2. The highest BCUT2D eigenvalue weighted by Crippen LogP contribution is 2.16. The lowest BCUT2D eigenvalue weighted by molar-refractivity contribution is 0.0996. The maximum Gasteiger partial charge on any atom is 0.251 e. The summed E-state index contributed by atoms with van der Waals surface area (Å²) in [4.78, 5) is 11.0. The number of anilines is 1. The minimum atomic E-state index is -0.762.